The average Bonchev–Trinajstić information content (AvgIpc) is 3.34. The van der Waals surface area contributed by atoms with Crippen LogP contribution < -0.4 is 0 Å². The highest BCUT2D eigenvalue weighted by Gasteiger charge is 2.19. The highest BCUT2D eigenvalue weighted by atomic mass is 16.6. The van der Waals surface area contributed by atoms with Gasteiger partial charge in [-0.25, -0.2) is 0 Å². The number of ether oxygens (including phenoxy) is 3. The second kappa shape index (κ2) is 55.7. The third kappa shape index (κ3) is 55.6. The molecule has 0 saturated heterocycles. The Morgan fingerprint density at radius 3 is 0.826 bits per heavy atom. The van der Waals surface area contributed by atoms with Crippen molar-refractivity contribution in [3.8, 4) is 0 Å². The van der Waals surface area contributed by atoms with Gasteiger partial charge >= 0.3 is 17.9 Å². The molecule has 0 saturated carbocycles. The van der Waals surface area contributed by atoms with Gasteiger partial charge in [0, 0.05) is 19.3 Å². The Balaban J connectivity index is 4.25. The predicted octanol–water partition coefficient (Wildman–Crippen LogP) is 20.8. The van der Waals surface area contributed by atoms with Crippen LogP contribution in [0.5, 0.6) is 0 Å². The summed E-state index contributed by atoms with van der Waals surface area (Å²) in [5.74, 6) is 0.892. The molecule has 0 aliphatic carbocycles. The Morgan fingerprint density at radius 1 is 0.304 bits per heavy atom. The van der Waals surface area contributed by atoms with Gasteiger partial charge in [0.25, 0.3) is 0 Å². The first-order valence-electron chi connectivity index (χ1n) is 31.3. The summed E-state index contributed by atoms with van der Waals surface area (Å²) in [7, 11) is 0. The average molecular weight is 976 g/mol. The Kier molecular flexibility index (Phi) is 54.4. The summed E-state index contributed by atoms with van der Waals surface area (Å²) in [6, 6.07) is 0. The van der Waals surface area contributed by atoms with Crippen LogP contribution in [0.3, 0.4) is 0 Å². The van der Waals surface area contributed by atoms with E-state index in [1.54, 1.807) is 0 Å². The van der Waals surface area contributed by atoms with Crippen molar-refractivity contribution in [2.24, 2.45) is 11.8 Å². The summed E-state index contributed by atoms with van der Waals surface area (Å²) in [5, 5.41) is 0. The number of hydrogen-bond donors (Lipinski definition) is 0. The van der Waals surface area contributed by atoms with Gasteiger partial charge in [-0.1, -0.05) is 317 Å². The molecule has 6 heteroatoms. The van der Waals surface area contributed by atoms with Crippen molar-refractivity contribution in [2.45, 2.75) is 362 Å². The lowest BCUT2D eigenvalue weighted by molar-refractivity contribution is -0.167. The molecular formula is C63H122O6. The number of unbranched alkanes of at least 4 members (excludes halogenated alkanes) is 41. The number of carbonyl (C=O) groups is 3. The molecule has 0 amide bonds. The van der Waals surface area contributed by atoms with E-state index < -0.39 is 6.10 Å². The maximum atomic E-state index is 12.9. The predicted molar refractivity (Wildman–Crippen MR) is 298 cm³/mol. The first kappa shape index (κ1) is 67.4. The summed E-state index contributed by atoms with van der Waals surface area (Å²) >= 11 is 0. The van der Waals surface area contributed by atoms with Crippen LogP contribution in [0, 0.1) is 11.8 Å². The smallest absolute Gasteiger partial charge is 0.306 e. The summed E-state index contributed by atoms with van der Waals surface area (Å²) < 4.78 is 16.9. The standard InChI is InChI=1S/C63H122O6/c1-6-8-9-10-11-12-13-14-15-21-24-27-33-38-43-48-53-61(64)67-56-60(69-63(66)55-50-45-40-35-30-29-32-37-42-47-52-59(5)7-2)57-68-62(65)54-49-44-39-34-28-25-22-19-17-16-18-20-23-26-31-36-41-46-51-58(3)4/h58-60H,6-57H2,1-5H3/t59?,60-/m0/s1. The first-order chi connectivity index (χ1) is 33.8. The van der Waals surface area contributed by atoms with E-state index in [-0.39, 0.29) is 31.1 Å². The van der Waals surface area contributed by atoms with Crippen LogP contribution in [-0.2, 0) is 28.6 Å². The maximum Gasteiger partial charge on any atom is 0.306 e. The SMILES string of the molecule is CCCCCCCCCCCCCCCCCCC(=O)OC[C@@H](COC(=O)CCCCCCCCCCCCCCCCCCCCC(C)C)OC(=O)CCCCCCCCCCCCC(C)CC. The Bertz CT molecular complexity index is 1060. The fourth-order valence-corrected chi connectivity index (χ4v) is 9.73. The van der Waals surface area contributed by atoms with Crippen LogP contribution in [0.1, 0.15) is 356 Å². The topological polar surface area (TPSA) is 78.9 Å². The van der Waals surface area contributed by atoms with Crippen LogP contribution in [0.2, 0.25) is 0 Å². The van der Waals surface area contributed by atoms with Gasteiger partial charge in [-0.15, -0.1) is 0 Å². The van der Waals surface area contributed by atoms with Crippen LogP contribution in [0.4, 0.5) is 0 Å². The minimum absolute atomic E-state index is 0.0623. The van der Waals surface area contributed by atoms with Crippen LogP contribution in [0.25, 0.3) is 0 Å². The molecule has 0 aromatic rings. The van der Waals surface area contributed by atoms with Crippen molar-refractivity contribution in [1.82, 2.24) is 0 Å². The lowest BCUT2D eigenvalue weighted by Crippen LogP contribution is -2.30. The van der Waals surface area contributed by atoms with Gasteiger partial charge in [0.2, 0.25) is 0 Å². The molecule has 0 aliphatic rings. The zero-order valence-electron chi connectivity index (χ0n) is 47.5. The highest BCUT2D eigenvalue weighted by molar-refractivity contribution is 5.71. The molecule has 0 heterocycles. The maximum absolute atomic E-state index is 12.9. The monoisotopic (exact) mass is 975 g/mol. The summed E-state index contributed by atoms with van der Waals surface area (Å²) in [5.41, 5.74) is 0. The largest absolute Gasteiger partial charge is 0.462 e. The normalized spacial score (nSPS) is 12.4. The van der Waals surface area contributed by atoms with Gasteiger partial charge in [-0.3, -0.25) is 14.4 Å². The van der Waals surface area contributed by atoms with Crippen molar-refractivity contribution < 1.29 is 28.6 Å². The fourth-order valence-electron chi connectivity index (χ4n) is 9.73. The third-order valence-electron chi connectivity index (χ3n) is 14.8. The highest BCUT2D eigenvalue weighted by Crippen LogP contribution is 2.19. The summed E-state index contributed by atoms with van der Waals surface area (Å²) in [4.78, 5) is 38.2. The van der Waals surface area contributed by atoms with E-state index >= 15 is 0 Å². The van der Waals surface area contributed by atoms with Gasteiger partial charge in [-0.2, -0.15) is 0 Å². The van der Waals surface area contributed by atoms with E-state index in [2.05, 4.69) is 34.6 Å². The quantitative estimate of drug-likeness (QED) is 0.0343. The van der Waals surface area contributed by atoms with Crippen molar-refractivity contribution >= 4 is 17.9 Å². The molecule has 0 spiro atoms. The number of hydrogen-bond acceptors (Lipinski definition) is 6. The Hall–Kier alpha value is -1.59. The summed E-state index contributed by atoms with van der Waals surface area (Å²) in [6.45, 7) is 11.5. The number of rotatable bonds is 57. The van der Waals surface area contributed by atoms with Crippen LogP contribution in [0.15, 0.2) is 0 Å². The minimum atomic E-state index is -0.763. The van der Waals surface area contributed by atoms with Crippen molar-refractivity contribution in [2.75, 3.05) is 13.2 Å². The lowest BCUT2D eigenvalue weighted by atomic mass is 9.99. The van der Waals surface area contributed by atoms with E-state index in [1.807, 2.05) is 0 Å². The van der Waals surface area contributed by atoms with E-state index in [1.165, 1.54) is 244 Å². The molecule has 69 heavy (non-hydrogen) atoms. The zero-order valence-corrected chi connectivity index (χ0v) is 47.5. The molecule has 0 aromatic heterocycles. The number of carbonyl (C=O) groups excluding carboxylic acids is 3. The van der Waals surface area contributed by atoms with Gasteiger partial charge in [0.1, 0.15) is 13.2 Å². The molecule has 6 nitrogen and oxygen atoms in total. The molecule has 0 aromatic carbocycles. The van der Waals surface area contributed by atoms with Crippen LogP contribution >= 0.6 is 0 Å². The molecule has 2 atom stereocenters. The second-order valence-electron chi connectivity index (χ2n) is 22.4. The fraction of sp³-hybridized carbons (Fsp3) is 0.952. The molecule has 0 aliphatic heterocycles. The van der Waals surface area contributed by atoms with Gasteiger partial charge in [0.15, 0.2) is 6.10 Å². The second-order valence-corrected chi connectivity index (χ2v) is 22.4. The molecule has 0 rings (SSSR count). The van der Waals surface area contributed by atoms with Crippen molar-refractivity contribution in [1.29, 1.82) is 0 Å². The molecule has 0 bridgehead atoms. The molecular weight excluding hydrogens is 853 g/mol. The van der Waals surface area contributed by atoms with Gasteiger partial charge < -0.3 is 14.2 Å². The molecule has 1 unspecified atom stereocenters. The first-order valence-corrected chi connectivity index (χ1v) is 31.3. The van der Waals surface area contributed by atoms with E-state index in [0.717, 1.165) is 69.6 Å². The third-order valence-corrected chi connectivity index (χ3v) is 14.8. The lowest BCUT2D eigenvalue weighted by Gasteiger charge is -2.18. The van der Waals surface area contributed by atoms with E-state index in [4.69, 9.17) is 14.2 Å². The van der Waals surface area contributed by atoms with Crippen molar-refractivity contribution in [3.63, 3.8) is 0 Å². The van der Waals surface area contributed by atoms with Gasteiger partial charge in [-0.05, 0) is 31.1 Å². The number of esters is 3. The zero-order chi connectivity index (χ0) is 50.4. The van der Waals surface area contributed by atoms with E-state index in [9.17, 15) is 14.4 Å². The summed E-state index contributed by atoms with van der Waals surface area (Å²) in [6.07, 6.45) is 61.0. The van der Waals surface area contributed by atoms with Crippen LogP contribution in [-0.4, -0.2) is 37.2 Å². The molecule has 0 fully saturated rings. The molecule has 0 radical (unpaired) electrons. The Morgan fingerprint density at radius 2 is 0.551 bits per heavy atom. The molecule has 410 valence electrons. The van der Waals surface area contributed by atoms with E-state index in [0.29, 0.717) is 19.3 Å². The molecule has 0 N–H and O–H groups in total. The van der Waals surface area contributed by atoms with Crippen molar-refractivity contribution in [3.05, 3.63) is 0 Å². The van der Waals surface area contributed by atoms with Gasteiger partial charge in [0.05, 0.1) is 0 Å². The minimum Gasteiger partial charge on any atom is -0.462 e. The Labute approximate surface area is 431 Å².